The van der Waals surface area contributed by atoms with Gasteiger partial charge in [0.25, 0.3) is 0 Å². The quantitative estimate of drug-likeness (QED) is 0.710. The molecule has 72 valence electrons. The largest absolute Gasteiger partial charge is 0.279 e. The van der Waals surface area contributed by atoms with Gasteiger partial charge in [-0.15, -0.1) is 0 Å². The third kappa shape index (κ3) is 1.47. The first-order chi connectivity index (χ1) is 6.00. The Morgan fingerprint density at radius 3 is 2.38 bits per heavy atom. The first-order valence-corrected chi connectivity index (χ1v) is 4.74. The van der Waals surface area contributed by atoms with Gasteiger partial charge in [-0.3, -0.25) is 5.10 Å². The van der Waals surface area contributed by atoms with Gasteiger partial charge in [0.1, 0.15) is 5.69 Å². The molecule has 0 amide bonds. The maximum atomic E-state index is 13.7. The zero-order valence-corrected chi connectivity index (χ0v) is 8.32. The van der Waals surface area contributed by atoms with Crippen molar-refractivity contribution in [1.29, 1.82) is 0 Å². The van der Waals surface area contributed by atoms with Gasteiger partial charge >= 0.3 is 0 Å². The van der Waals surface area contributed by atoms with Gasteiger partial charge in [-0.05, 0) is 12.8 Å². The summed E-state index contributed by atoms with van der Waals surface area (Å²) in [7, 11) is 0. The SMILES string of the molecule is CC(C)(C)c1[nH]nc(C2CC2)c1F. The molecule has 1 aromatic heterocycles. The van der Waals surface area contributed by atoms with E-state index < -0.39 is 0 Å². The molecule has 0 bridgehead atoms. The van der Waals surface area contributed by atoms with Crippen molar-refractivity contribution in [3.63, 3.8) is 0 Å². The zero-order valence-electron chi connectivity index (χ0n) is 8.32. The highest BCUT2D eigenvalue weighted by Crippen LogP contribution is 2.41. The van der Waals surface area contributed by atoms with Gasteiger partial charge in [0, 0.05) is 11.3 Å². The summed E-state index contributed by atoms with van der Waals surface area (Å²) in [5.41, 5.74) is 1.10. The van der Waals surface area contributed by atoms with E-state index in [1.54, 1.807) is 0 Å². The summed E-state index contributed by atoms with van der Waals surface area (Å²) in [6.45, 7) is 5.96. The Morgan fingerprint density at radius 1 is 1.38 bits per heavy atom. The van der Waals surface area contributed by atoms with E-state index in [9.17, 15) is 4.39 Å². The fraction of sp³-hybridized carbons (Fsp3) is 0.700. The van der Waals surface area contributed by atoms with Crippen molar-refractivity contribution in [3.8, 4) is 0 Å². The summed E-state index contributed by atoms with van der Waals surface area (Å²) in [4.78, 5) is 0. The predicted octanol–water partition coefficient (Wildman–Crippen LogP) is 2.72. The first-order valence-electron chi connectivity index (χ1n) is 4.74. The highest BCUT2D eigenvalue weighted by Gasteiger charge is 2.33. The van der Waals surface area contributed by atoms with E-state index >= 15 is 0 Å². The molecule has 0 radical (unpaired) electrons. The third-order valence-electron chi connectivity index (χ3n) is 2.45. The molecule has 13 heavy (non-hydrogen) atoms. The predicted molar refractivity (Wildman–Crippen MR) is 49.2 cm³/mol. The molecule has 1 saturated carbocycles. The monoisotopic (exact) mass is 182 g/mol. The Kier molecular flexibility index (Phi) is 1.72. The van der Waals surface area contributed by atoms with E-state index in [1.807, 2.05) is 20.8 Å². The van der Waals surface area contributed by atoms with Crippen LogP contribution in [0.15, 0.2) is 0 Å². The van der Waals surface area contributed by atoms with Crippen molar-refractivity contribution < 1.29 is 4.39 Å². The van der Waals surface area contributed by atoms with Gasteiger partial charge in [0.05, 0.1) is 5.69 Å². The molecule has 3 heteroatoms. The smallest absolute Gasteiger partial charge is 0.168 e. The molecule has 0 atom stereocenters. The van der Waals surface area contributed by atoms with Crippen LogP contribution in [0.5, 0.6) is 0 Å². The Labute approximate surface area is 77.5 Å². The maximum absolute atomic E-state index is 13.7. The maximum Gasteiger partial charge on any atom is 0.168 e. The number of nitrogens with zero attached hydrogens (tertiary/aromatic N) is 1. The van der Waals surface area contributed by atoms with Crippen LogP contribution in [0.3, 0.4) is 0 Å². The van der Waals surface area contributed by atoms with Crippen molar-refractivity contribution in [2.24, 2.45) is 0 Å². The second kappa shape index (κ2) is 2.56. The lowest BCUT2D eigenvalue weighted by Gasteiger charge is -2.15. The molecule has 1 N–H and O–H groups in total. The summed E-state index contributed by atoms with van der Waals surface area (Å²) >= 11 is 0. The molecule has 1 heterocycles. The Bertz CT molecular complexity index is 318. The lowest BCUT2D eigenvalue weighted by molar-refractivity contribution is 0.508. The molecule has 0 aliphatic heterocycles. The minimum Gasteiger partial charge on any atom is -0.279 e. The van der Waals surface area contributed by atoms with Gasteiger partial charge in [-0.1, -0.05) is 20.8 Å². The van der Waals surface area contributed by atoms with Crippen LogP contribution in [0.4, 0.5) is 4.39 Å². The Hall–Kier alpha value is -0.860. The number of nitrogens with one attached hydrogen (secondary N) is 1. The third-order valence-corrected chi connectivity index (χ3v) is 2.45. The molecule has 0 aromatic carbocycles. The molecule has 1 fully saturated rings. The van der Waals surface area contributed by atoms with Gasteiger partial charge < -0.3 is 0 Å². The molecule has 2 nitrogen and oxygen atoms in total. The van der Waals surface area contributed by atoms with E-state index in [1.165, 1.54) is 0 Å². The standard InChI is InChI=1S/C10H15FN2/c1-10(2,3)9-7(11)8(12-13-9)6-4-5-6/h6H,4-5H2,1-3H3,(H,12,13). The number of hydrogen-bond donors (Lipinski definition) is 1. The van der Waals surface area contributed by atoms with Crippen LogP contribution in [0.25, 0.3) is 0 Å². The molecule has 2 rings (SSSR count). The highest BCUT2D eigenvalue weighted by atomic mass is 19.1. The summed E-state index contributed by atoms with van der Waals surface area (Å²) in [6, 6.07) is 0. The second-order valence-electron chi connectivity index (χ2n) is 4.82. The van der Waals surface area contributed by atoms with Crippen molar-refractivity contribution in [2.75, 3.05) is 0 Å². The lowest BCUT2D eigenvalue weighted by atomic mass is 9.91. The molecule has 0 saturated heterocycles. The molecule has 0 unspecified atom stereocenters. The van der Waals surface area contributed by atoms with E-state index in [2.05, 4.69) is 10.2 Å². The number of hydrogen-bond acceptors (Lipinski definition) is 1. The number of H-pyrrole nitrogens is 1. The van der Waals surface area contributed by atoms with Crippen LogP contribution in [0.2, 0.25) is 0 Å². The van der Waals surface area contributed by atoms with Crippen LogP contribution in [-0.2, 0) is 5.41 Å². The van der Waals surface area contributed by atoms with Crippen LogP contribution < -0.4 is 0 Å². The lowest BCUT2D eigenvalue weighted by Crippen LogP contribution is -2.13. The number of aromatic amines is 1. The van der Waals surface area contributed by atoms with E-state index in [4.69, 9.17) is 0 Å². The minimum atomic E-state index is -0.176. The summed E-state index contributed by atoms with van der Waals surface area (Å²) in [5, 5.41) is 6.85. The topological polar surface area (TPSA) is 28.7 Å². The van der Waals surface area contributed by atoms with Crippen LogP contribution in [0, 0.1) is 5.82 Å². The first kappa shape index (κ1) is 8.73. The van der Waals surface area contributed by atoms with Gasteiger partial charge in [0.2, 0.25) is 0 Å². The Balaban J connectivity index is 2.38. The van der Waals surface area contributed by atoms with Crippen molar-refractivity contribution in [1.82, 2.24) is 10.2 Å². The average Bonchev–Trinajstić information content (AvgIpc) is 2.73. The Morgan fingerprint density at radius 2 is 2.00 bits per heavy atom. The summed E-state index contributed by atoms with van der Waals surface area (Å²) in [6.07, 6.45) is 2.18. The van der Waals surface area contributed by atoms with Crippen molar-refractivity contribution >= 4 is 0 Å². The molecule has 1 aromatic rings. The van der Waals surface area contributed by atoms with E-state index in [-0.39, 0.29) is 11.2 Å². The highest BCUT2D eigenvalue weighted by molar-refractivity contribution is 5.24. The summed E-state index contributed by atoms with van der Waals surface area (Å²) < 4.78 is 13.7. The molecule has 1 aliphatic carbocycles. The van der Waals surface area contributed by atoms with Crippen molar-refractivity contribution in [3.05, 3.63) is 17.2 Å². The summed E-state index contributed by atoms with van der Waals surface area (Å²) in [5.74, 6) is 0.266. The van der Waals surface area contributed by atoms with Crippen LogP contribution in [0.1, 0.15) is 50.9 Å². The van der Waals surface area contributed by atoms with E-state index in [0.717, 1.165) is 12.8 Å². The van der Waals surface area contributed by atoms with Crippen LogP contribution in [-0.4, -0.2) is 10.2 Å². The number of aromatic nitrogens is 2. The average molecular weight is 182 g/mol. The second-order valence-corrected chi connectivity index (χ2v) is 4.82. The van der Waals surface area contributed by atoms with E-state index in [0.29, 0.717) is 17.3 Å². The van der Waals surface area contributed by atoms with Gasteiger partial charge in [0.15, 0.2) is 5.82 Å². The fourth-order valence-corrected chi connectivity index (χ4v) is 1.47. The normalized spacial score (nSPS) is 17.8. The zero-order chi connectivity index (χ0) is 9.64. The minimum absolute atomic E-state index is 0.116. The molecule has 1 aliphatic rings. The van der Waals surface area contributed by atoms with Crippen LogP contribution >= 0.6 is 0 Å². The molecule has 0 spiro atoms. The fourth-order valence-electron chi connectivity index (χ4n) is 1.47. The van der Waals surface area contributed by atoms with Gasteiger partial charge in [-0.2, -0.15) is 5.10 Å². The van der Waals surface area contributed by atoms with Gasteiger partial charge in [-0.25, -0.2) is 4.39 Å². The molecular weight excluding hydrogens is 167 g/mol. The molecular formula is C10H15FN2. The number of halogens is 1. The number of rotatable bonds is 1. The van der Waals surface area contributed by atoms with Crippen molar-refractivity contribution in [2.45, 2.75) is 44.9 Å².